The van der Waals surface area contributed by atoms with Crippen LogP contribution in [0.3, 0.4) is 0 Å². The first kappa shape index (κ1) is 24.0. The smallest absolute Gasteiger partial charge is 0.263 e. The second-order valence-electron chi connectivity index (χ2n) is 7.96. The zero-order chi connectivity index (χ0) is 25.0. The van der Waals surface area contributed by atoms with Crippen LogP contribution >= 0.6 is 0 Å². The van der Waals surface area contributed by atoms with Crippen LogP contribution in [-0.4, -0.2) is 49.8 Å². The molecule has 0 radical (unpaired) electrons. The van der Waals surface area contributed by atoms with Crippen LogP contribution in [0.15, 0.2) is 77.7 Å². The second-order valence-corrected chi connectivity index (χ2v) is 9.64. The van der Waals surface area contributed by atoms with Crippen LogP contribution in [0.25, 0.3) is 11.0 Å². The number of anilines is 4. The third kappa shape index (κ3) is 6.08. The number of amides is 1. The van der Waals surface area contributed by atoms with E-state index in [1.807, 2.05) is 0 Å². The number of para-hydroxylation sites is 2. The highest BCUT2D eigenvalue weighted by Gasteiger charge is 2.20. The monoisotopic (exact) mass is 494 g/mol. The molecule has 1 heterocycles. The van der Waals surface area contributed by atoms with E-state index < -0.39 is 15.8 Å². The molecule has 0 spiro atoms. The molecule has 0 saturated heterocycles. The summed E-state index contributed by atoms with van der Waals surface area (Å²) in [7, 11) is -0.586. The van der Waals surface area contributed by atoms with E-state index in [9.17, 15) is 17.6 Å². The number of hydrogen-bond acceptors (Lipinski definition) is 7. The Morgan fingerprint density at radius 1 is 0.886 bits per heavy atom. The molecule has 1 amide bonds. The molecular weight excluding hydrogens is 471 g/mol. The van der Waals surface area contributed by atoms with Gasteiger partial charge in [0.1, 0.15) is 5.82 Å². The Bertz CT molecular complexity index is 1480. The highest BCUT2D eigenvalue weighted by atomic mass is 32.2. The highest BCUT2D eigenvalue weighted by Crippen LogP contribution is 2.27. The maximum Gasteiger partial charge on any atom is 0.263 e. The first-order valence-corrected chi connectivity index (χ1v) is 12.0. The molecule has 35 heavy (non-hydrogen) atoms. The number of carbonyl (C=O) groups excluding carboxylic acids is 1. The molecule has 4 rings (SSSR count). The lowest BCUT2D eigenvalue weighted by Gasteiger charge is -2.15. The minimum atomic E-state index is -4.10. The lowest BCUT2D eigenvalue weighted by atomic mass is 10.3. The van der Waals surface area contributed by atoms with Gasteiger partial charge in [0.15, 0.2) is 11.6 Å². The Morgan fingerprint density at radius 3 is 2.20 bits per heavy atom. The number of carbonyl (C=O) groups is 1. The van der Waals surface area contributed by atoms with Gasteiger partial charge in [0.25, 0.3) is 10.0 Å². The van der Waals surface area contributed by atoms with Crippen molar-refractivity contribution in [3.63, 3.8) is 0 Å². The summed E-state index contributed by atoms with van der Waals surface area (Å²) in [5.74, 6) is -0.563. The van der Waals surface area contributed by atoms with E-state index in [4.69, 9.17) is 0 Å². The Labute approximate surface area is 202 Å². The van der Waals surface area contributed by atoms with E-state index in [-0.39, 0.29) is 29.0 Å². The highest BCUT2D eigenvalue weighted by molar-refractivity contribution is 7.92. The van der Waals surface area contributed by atoms with Crippen molar-refractivity contribution in [2.75, 3.05) is 36.0 Å². The van der Waals surface area contributed by atoms with Gasteiger partial charge in [0.2, 0.25) is 5.91 Å². The molecule has 11 heteroatoms. The third-order valence-corrected chi connectivity index (χ3v) is 6.13. The average molecular weight is 495 g/mol. The summed E-state index contributed by atoms with van der Waals surface area (Å²) in [4.78, 5) is 22.6. The number of benzene rings is 3. The molecule has 0 saturated carbocycles. The van der Waals surface area contributed by atoms with Crippen LogP contribution in [0.4, 0.5) is 27.4 Å². The van der Waals surface area contributed by atoms with Crippen molar-refractivity contribution in [3.05, 3.63) is 78.6 Å². The molecule has 0 bridgehead atoms. The summed E-state index contributed by atoms with van der Waals surface area (Å²) in [6, 6.07) is 18.5. The molecule has 3 N–H and O–H groups in total. The van der Waals surface area contributed by atoms with Gasteiger partial charge >= 0.3 is 0 Å². The molecule has 9 nitrogen and oxygen atoms in total. The van der Waals surface area contributed by atoms with Crippen LogP contribution in [-0.2, 0) is 14.8 Å². The molecule has 0 atom stereocenters. The van der Waals surface area contributed by atoms with Crippen molar-refractivity contribution in [2.24, 2.45) is 0 Å². The number of fused-ring (bicyclic) bond motifs is 1. The molecule has 0 aliphatic carbocycles. The minimum absolute atomic E-state index is 0.0323. The number of rotatable bonds is 8. The summed E-state index contributed by atoms with van der Waals surface area (Å²) < 4.78 is 42.3. The van der Waals surface area contributed by atoms with Gasteiger partial charge in [-0.1, -0.05) is 18.2 Å². The number of halogens is 1. The molecule has 0 fully saturated rings. The first-order chi connectivity index (χ1) is 16.7. The standard InChI is InChI=1S/C24H23FN6O3S/c1-31(2)15-22(32)26-18-6-5-7-19(14-18)35(33,34)30-24-23(27-17-12-10-16(25)11-13-17)28-20-8-3-4-9-21(20)29-24/h3-14H,15H2,1-2H3,(H,26,32)(H,27,28)(H,29,30). The molecule has 4 aromatic rings. The number of nitrogens with one attached hydrogen (secondary N) is 3. The Hall–Kier alpha value is -4.09. The quantitative estimate of drug-likeness (QED) is 0.341. The topological polar surface area (TPSA) is 116 Å². The van der Waals surface area contributed by atoms with Crippen molar-refractivity contribution in [2.45, 2.75) is 4.90 Å². The van der Waals surface area contributed by atoms with E-state index in [1.165, 1.54) is 42.5 Å². The minimum Gasteiger partial charge on any atom is -0.337 e. The summed E-state index contributed by atoms with van der Waals surface area (Å²) >= 11 is 0. The van der Waals surface area contributed by atoms with Gasteiger partial charge in [0.05, 0.1) is 22.5 Å². The maximum atomic E-state index is 13.3. The second kappa shape index (κ2) is 10.0. The lowest BCUT2D eigenvalue weighted by Crippen LogP contribution is -2.27. The molecule has 0 aliphatic rings. The van der Waals surface area contributed by atoms with Crippen LogP contribution in [0.5, 0.6) is 0 Å². The van der Waals surface area contributed by atoms with Gasteiger partial charge in [0, 0.05) is 11.4 Å². The van der Waals surface area contributed by atoms with Crippen molar-refractivity contribution < 1.29 is 17.6 Å². The normalized spacial score (nSPS) is 11.4. The zero-order valence-electron chi connectivity index (χ0n) is 19.0. The summed E-state index contributed by atoms with van der Waals surface area (Å²) in [6.45, 7) is 0.153. The first-order valence-electron chi connectivity index (χ1n) is 10.6. The van der Waals surface area contributed by atoms with Crippen LogP contribution in [0.1, 0.15) is 0 Å². The van der Waals surface area contributed by atoms with Crippen LogP contribution in [0, 0.1) is 5.82 Å². The van der Waals surface area contributed by atoms with E-state index in [0.717, 1.165) is 0 Å². The number of sulfonamides is 1. The Kier molecular flexibility index (Phi) is 6.90. The predicted molar refractivity (Wildman–Crippen MR) is 134 cm³/mol. The van der Waals surface area contributed by atoms with Gasteiger partial charge in [-0.25, -0.2) is 22.8 Å². The maximum absolute atomic E-state index is 13.3. The summed E-state index contributed by atoms with van der Waals surface area (Å²) in [5.41, 5.74) is 1.88. The van der Waals surface area contributed by atoms with Crippen molar-refractivity contribution in [1.29, 1.82) is 0 Å². The fourth-order valence-electron chi connectivity index (χ4n) is 3.24. The third-order valence-electron chi connectivity index (χ3n) is 4.80. The Morgan fingerprint density at radius 2 is 1.54 bits per heavy atom. The number of nitrogens with zero attached hydrogens (tertiary/aromatic N) is 3. The average Bonchev–Trinajstić information content (AvgIpc) is 2.80. The fraction of sp³-hybridized carbons (Fsp3) is 0.125. The van der Waals surface area contributed by atoms with Crippen molar-refractivity contribution in [3.8, 4) is 0 Å². The zero-order valence-corrected chi connectivity index (χ0v) is 19.8. The number of hydrogen-bond donors (Lipinski definition) is 3. The van der Waals surface area contributed by atoms with Gasteiger partial charge in [-0.15, -0.1) is 0 Å². The summed E-state index contributed by atoms with van der Waals surface area (Å²) in [6.07, 6.45) is 0. The number of likely N-dealkylation sites (N-methyl/N-ethyl adjacent to an activating group) is 1. The van der Waals surface area contributed by atoms with Crippen molar-refractivity contribution >= 4 is 50.0 Å². The molecule has 3 aromatic carbocycles. The predicted octanol–water partition coefficient (Wildman–Crippen LogP) is 3.81. The fourth-order valence-corrected chi connectivity index (χ4v) is 4.30. The number of aromatic nitrogens is 2. The van der Waals surface area contributed by atoms with E-state index in [0.29, 0.717) is 22.4 Å². The lowest BCUT2D eigenvalue weighted by molar-refractivity contribution is -0.116. The molecule has 1 aromatic heterocycles. The van der Waals surface area contributed by atoms with Gasteiger partial charge in [-0.3, -0.25) is 9.52 Å². The van der Waals surface area contributed by atoms with Gasteiger partial charge < -0.3 is 15.5 Å². The molecule has 0 unspecified atom stereocenters. The van der Waals surface area contributed by atoms with Gasteiger partial charge in [-0.2, -0.15) is 0 Å². The molecular formula is C24H23FN6O3S. The van der Waals surface area contributed by atoms with E-state index in [2.05, 4.69) is 25.3 Å². The van der Waals surface area contributed by atoms with Crippen LogP contribution < -0.4 is 15.4 Å². The van der Waals surface area contributed by atoms with Crippen molar-refractivity contribution in [1.82, 2.24) is 14.9 Å². The van der Waals surface area contributed by atoms with Gasteiger partial charge in [-0.05, 0) is 68.7 Å². The largest absolute Gasteiger partial charge is 0.337 e. The Balaban J connectivity index is 1.66. The SMILES string of the molecule is CN(C)CC(=O)Nc1cccc(S(=O)(=O)Nc2nc3ccccc3nc2Nc2ccc(F)cc2)c1. The summed E-state index contributed by atoms with van der Waals surface area (Å²) in [5, 5.41) is 5.67. The molecule has 0 aliphatic heterocycles. The van der Waals surface area contributed by atoms with E-state index in [1.54, 1.807) is 49.3 Å². The van der Waals surface area contributed by atoms with E-state index >= 15 is 0 Å². The van der Waals surface area contributed by atoms with Crippen LogP contribution in [0.2, 0.25) is 0 Å². The molecule has 180 valence electrons.